The zero-order chi connectivity index (χ0) is 20.0. The topological polar surface area (TPSA) is 85.2 Å². The first kappa shape index (κ1) is 20.8. The predicted molar refractivity (Wildman–Crippen MR) is 89.1 cm³/mol. The van der Waals surface area contributed by atoms with Crippen LogP contribution in [0.2, 0.25) is 0 Å². The summed E-state index contributed by atoms with van der Waals surface area (Å²) in [5.74, 6) is -0.653. The van der Waals surface area contributed by atoms with Crippen LogP contribution in [0.1, 0.15) is 30.5 Å². The SMILES string of the molecule is C=C/C(=C\C=C(\F)Cc1noc(C2CCN(C(=O)CN)CC2)n1)C(F)(F)F. The highest BCUT2D eigenvalue weighted by atomic mass is 19.4. The van der Waals surface area contributed by atoms with Crippen molar-refractivity contribution < 1.29 is 26.9 Å². The van der Waals surface area contributed by atoms with Crippen LogP contribution >= 0.6 is 0 Å². The number of hydrogen-bond donors (Lipinski definition) is 1. The van der Waals surface area contributed by atoms with E-state index in [-0.39, 0.29) is 30.6 Å². The van der Waals surface area contributed by atoms with Crippen molar-refractivity contribution in [2.24, 2.45) is 5.73 Å². The smallest absolute Gasteiger partial charge is 0.342 e. The molecule has 0 aliphatic carbocycles. The van der Waals surface area contributed by atoms with Crippen LogP contribution in [0, 0.1) is 0 Å². The van der Waals surface area contributed by atoms with Gasteiger partial charge in [-0.3, -0.25) is 4.79 Å². The third kappa shape index (κ3) is 5.75. The Morgan fingerprint density at radius 3 is 2.56 bits per heavy atom. The number of allylic oxidation sites excluding steroid dienone is 5. The van der Waals surface area contributed by atoms with Gasteiger partial charge in [0.1, 0.15) is 5.83 Å². The van der Waals surface area contributed by atoms with Crippen molar-refractivity contribution in [1.29, 1.82) is 0 Å². The van der Waals surface area contributed by atoms with Crippen molar-refractivity contribution in [3.8, 4) is 0 Å². The van der Waals surface area contributed by atoms with Gasteiger partial charge in [0, 0.05) is 19.0 Å². The summed E-state index contributed by atoms with van der Waals surface area (Å²) < 4.78 is 56.6. The molecule has 2 N–H and O–H groups in total. The van der Waals surface area contributed by atoms with Crippen molar-refractivity contribution in [1.82, 2.24) is 15.0 Å². The number of amides is 1. The molecule has 1 fully saturated rings. The number of carbonyl (C=O) groups excluding carboxylic acids is 1. The molecule has 10 heteroatoms. The van der Waals surface area contributed by atoms with Crippen LogP contribution in [0.4, 0.5) is 17.6 Å². The maximum absolute atomic E-state index is 13.8. The van der Waals surface area contributed by atoms with E-state index in [1.807, 2.05) is 0 Å². The van der Waals surface area contributed by atoms with Gasteiger partial charge in [0.2, 0.25) is 11.8 Å². The van der Waals surface area contributed by atoms with E-state index in [9.17, 15) is 22.4 Å². The molecule has 0 radical (unpaired) electrons. The number of likely N-dealkylation sites (tertiary alicyclic amines) is 1. The summed E-state index contributed by atoms with van der Waals surface area (Å²) >= 11 is 0. The Labute approximate surface area is 153 Å². The number of nitrogens with two attached hydrogens (primary N) is 1. The third-order valence-corrected chi connectivity index (χ3v) is 4.17. The first-order chi connectivity index (χ1) is 12.7. The normalized spacial score (nSPS) is 17.3. The molecule has 1 aliphatic heterocycles. The molecule has 0 unspecified atom stereocenters. The second kappa shape index (κ2) is 8.94. The van der Waals surface area contributed by atoms with Crippen LogP contribution in [-0.4, -0.2) is 46.8 Å². The molecule has 6 nitrogen and oxygen atoms in total. The Morgan fingerprint density at radius 1 is 1.33 bits per heavy atom. The van der Waals surface area contributed by atoms with Gasteiger partial charge in [-0.15, -0.1) is 0 Å². The van der Waals surface area contributed by atoms with E-state index in [0.717, 1.165) is 0 Å². The van der Waals surface area contributed by atoms with Gasteiger partial charge in [0.05, 0.1) is 18.5 Å². The van der Waals surface area contributed by atoms with E-state index in [0.29, 0.717) is 50.0 Å². The second-order valence-corrected chi connectivity index (χ2v) is 6.02. The maximum atomic E-state index is 13.8. The third-order valence-electron chi connectivity index (χ3n) is 4.17. The van der Waals surface area contributed by atoms with Crippen molar-refractivity contribution in [2.75, 3.05) is 19.6 Å². The minimum atomic E-state index is -4.60. The fourth-order valence-electron chi connectivity index (χ4n) is 2.68. The number of nitrogens with zero attached hydrogens (tertiary/aromatic N) is 3. The van der Waals surface area contributed by atoms with Crippen LogP contribution in [-0.2, 0) is 11.2 Å². The fourth-order valence-corrected chi connectivity index (χ4v) is 2.68. The molecule has 1 aliphatic rings. The maximum Gasteiger partial charge on any atom is 0.416 e. The average Bonchev–Trinajstić information content (AvgIpc) is 3.09. The summed E-state index contributed by atoms with van der Waals surface area (Å²) in [6.45, 7) is 4.04. The number of alkyl halides is 3. The fraction of sp³-hybridized carbons (Fsp3) is 0.471. The van der Waals surface area contributed by atoms with E-state index in [2.05, 4.69) is 16.7 Å². The van der Waals surface area contributed by atoms with Gasteiger partial charge in [-0.05, 0) is 25.0 Å². The monoisotopic (exact) mass is 388 g/mol. The predicted octanol–water partition coefficient (Wildman–Crippen LogP) is 2.80. The summed E-state index contributed by atoms with van der Waals surface area (Å²) in [5, 5.41) is 3.67. The van der Waals surface area contributed by atoms with Crippen molar-refractivity contribution in [3.05, 3.63) is 47.9 Å². The Hall–Kier alpha value is -2.49. The van der Waals surface area contributed by atoms with Gasteiger partial charge in [0.15, 0.2) is 5.82 Å². The van der Waals surface area contributed by atoms with Crippen LogP contribution in [0.25, 0.3) is 0 Å². The Bertz CT molecular complexity index is 732. The van der Waals surface area contributed by atoms with Gasteiger partial charge in [-0.1, -0.05) is 17.8 Å². The van der Waals surface area contributed by atoms with E-state index in [1.54, 1.807) is 4.90 Å². The molecule has 2 heterocycles. The molecule has 1 saturated heterocycles. The Morgan fingerprint density at radius 2 is 2.00 bits per heavy atom. The van der Waals surface area contributed by atoms with Crippen LogP contribution < -0.4 is 5.73 Å². The van der Waals surface area contributed by atoms with Crippen molar-refractivity contribution in [3.63, 3.8) is 0 Å². The molecular weight excluding hydrogens is 368 g/mol. The largest absolute Gasteiger partial charge is 0.416 e. The minimum absolute atomic E-state index is 0.0415. The minimum Gasteiger partial charge on any atom is -0.342 e. The molecular formula is C17H20F4N4O2. The highest BCUT2D eigenvalue weighted by Crippen LogP contribution is 2.28. The lowest BCUT2D eigenvalue weighted by Gasteiger charge is -2.30. The first-order valence-corrected chi connectivity index (χ1v) is 8.31. The highest BCUT2D eigenvalue weighted by molar-refractivity contribution is 5.78. The van der Waals surface area contributed by atoms with Crippen LogP contribution in [0.15, 0.2) is 40.7 Å². The van der Waals surface area contributed by atoms with Crippen LogP contribution in [0.5, 0.6) is 0 Å². The number of halogens is 4. The van der Waals surface area contributed by atoms with E-state index < -0.39 is 17.6 Å². The van der Waals surface area contributed by atoms with E-state index in [4.69, 9.17) is 10.3 Å². The number of piperidine rings is 1. The molecule has 0 atom stereocenters. The summed E-state index contributed by atoms with van der Waals surface area (Å²) in [7, 11) is 0. The lowest BCUT2D eigenvalue weighted by Crippen LogP contribution is -2.41. The van der Waals surface area contributed by atoms with Crippen molar-refractivity contribution in [2.45, 2.75) is 31.4 Å². The van der Waals surface area contributed by atoms with Gasteiger partial charge >= 0.3 is 6.18 Å². The molecule has 1 aromatic heterocycles. The van der Waals surface area contributed by atoms with Gasteiger partial charge in [-0.2, -0.15) is 18.2 Å². The lowest BCUT2D eigenvalue weighted by atomic mass is 9.97. The average molecular weight is 388 g/mol. The Balaban J connectivity index is 1.96. The van der Waals surface area contributed by atoms with Crippen molar-refractivity contribution >= 4 is 5.91 Å². The second-order valence-electron chi connectivity index (χ2n) is 6.02. The summed E-state index contributed by atoms with van der Waals surface area (Å²) in [6.07, 6.45) is -1.83. The van der Waals surface area contributed by atoms with E-state index >= 15 is 0 Å². The molecule has 1 amide bonds. The van der Waals surface area contributed by atoms with Gasteiger partial charge in [0.25, 0.3) is 0 Å². The quantitative estimate of drug-likeness (QED) is 0.598. The number of aromatic nitrogens is 2. The molecule has 0 saturated carbocycles. The lowest BCUT2D eigenvalue weighted by molar-refractivity contribution is -0.130. The van der Waals surface area contributed by atoms with Gasteiger partial charge in [-0.25, -0.2) is 4.39 Å². The molecule has 2 rings (SSSR count). The summed E-state index contributed by atoms with van der Waals surface area (Å²) in [6, 6.07) is 0. The number of hydrogen-bond acceptors (Lipinski definition) is 5. The van der Waals surface area contributed by atoms with Crippen LogP contribution in [0.3, 0.4) is 0 Å². The first-order valence-electron chi connectivity index (χ1n) is 8.31. The molecule has 148 valence electrons. The molecule has 0 bridgehead atoms. The molecule has 0 spiro atoms. The zero-order valence-corrected chi connectivity index (χ0v) is 14.5. The standard InChI is InChI=1S/C17H20F4N4O2/c1-2-12(17(19,20)21)3-4-13(18)9-14-23-16(27-24-14)11-5-7-25(8-6-11)15(26)10-22/h2-4,11H,1,5-10,22H2/b12-3+,13-4+. The number of carbonyl (C=O) groups is 1. The molecule has 27 heavy (non-hydrogen) atoms. The summed E-state index contributed by atoms with van der Waals surface area (Å²) in [4.78, 5) is 17.3. The number of rotatable bonds is 6. The molecule has 0 aromatic carbocycles. The highest BCUT2D eigenvalue weighted by Gasteiger charge is 2.31. The summed E-state index contributed by atoms with van der Waals surface area (Å²) in [5.41, 5.74) is 4.28. The van der Waals surface area contributed by atoms with E-state index in [1.165, 1.54) is 0 Å². The zero-order valence-electron chi connectivity index (χ0n) is 14.5. The van der Waals surface area contributed by atoms with Gasteiger partial charge < -0.3 is 15.2 Å². The Kier molecular flexibility index (Phi) is 6.89. The molecule has 1 aromatic rings.